The molecule has 0 unspecified atom stereocenters. The van der Waals surface area contributed by atoms with E-state index in [1.807, 2.05) is 50.2 Å². The lowest BCUT2D eigenvalue weighted by Crippen LogP contribution is -2.15. The first-order valence-corrected chi connectivity index (χ1v) is 9.17. The standard InChI is InChI=1S/C19H17N3O2S/c1-13-7-8-18(14(2)9-13)22-25(23,24)16(11-20)10-15-12-21-19-6-4-3-5-17(15)19/h3-10,12,21-22H,1-2H3/b16-10+. The van der Waals surface area contributed by atoms with Gasteiger partial charge < -0.3 is 4.98 Å². The molecule has 3 aromatic rings. The number of para-hydroxylation sites is 1. The number of aryl methyl sites for hydroxylation is 2. The SMILES string of the molecule is Cc1ccc(NS(=O)(=O)/C(C#N)=C/c2c[nH]c3ccccc23)c(C)c1. The van der Waals surface area contributed by atoms with Crippen molar-refractivity contribution in [3.63, 3.8) is 0 Å². The Morgan fingerprint density at radius 3 is 2.68 bits per heavy atom. The molecule has 0 atom stereocenters. The summed E-state index contributed by atoms with van der Waals surface area (Å²) >= 11 is 0. The van der Waals surface area contributed by atoms with Crippen molar-refractivity contribution in [1.82, 2.24) is 4.98 Å². The average Bonchev–Trinajstić information content (AvgIpc) is 2.98. The molecule has 25 heavy (non-hydrogen) atoms. The van der Waals surface area contributed by atoms with Gasteiger partial charge in [-0.25, -0.2) is 8.42 Å². The summed E-state index contributed by atoms with van der Waals surface area (Å²) in [7, 11) is -3.97. The maximum atomic E-state index is 12.6. The molecule has 126 valence electrons. The minimum absolute atomic E-state index is 0.336. The van der Waals surface area contributed by atoms with E-state index in [9.17, 15) is 13.7 Å². The normalized spacial score (nSPS) is 12.1. The van der Waals surface area contributed by atoms with Crippen molar-refractivity contribution in [1.29, 1.82) is 5.26 Å². The van der Waals surface area contributed by atoms with E-state index in [-0.39, 0.29) is 4.91 Å². The highest BCUT2D eigenvalue weighted by molar-refractivity contribution is 7.97. The van der Waals surface area contributed by atoms with Gasteiger partial charge in [-0.1, -0.05) is 35.9 Å². The zero-order chi connectivity index (χ0) is 18.0. The minimum Gasteiger partial charge on any atom is -0.361 e. The molecule has 0 amide bonds. The number of rotatable bonds is 4. The lowest BCUT2D eigenvalue weighted by Gasteiger charge is -2.10. The summed E-state index contributed by atoms with van der Waals surface area (Å²) in [6, 6.07) is 14.7. The maximum Gasteiger partial charge on any atom is 0.272 e. The number of hydrogen-bond acceptors (Lipinski definition) is 3. The Morgan fingerprint density at radius 1 is 1.20 bits per heavy atom. The number of aromatic nitrogens is 1. The van der Waals surface area contributed by atoms with Crippen LogP contribution in [0.25, 0.3) is 17.0 Å². The summed E-state index contributed by atoms with van der Waals surface area (Å²) in [6.07, 6.45) is 3.07. The number of aromatic amines is 1. The van der Waals surface area contributed by atoms with Gasteiger partial charge in [0.1, 0.15) is 6.07 Å². The Morgan fingerprint density at radius 2 is 1.96 bits per heavy atom. The first-order chi connectivity index (χ1) is 11.9. The zero-order valence-electron chi connectivity index (χ0n) is 13.9. The number of benzene rings is 2. The molecule has 3 rings (SSSR count). The van der Waals surface area contributed by atoms with Crippen LogP contribution in [-0.4, -0.2) is 13.4 Å². The third-order valence-electron chi connectivity index (χ3n) is 3.93. The quantitative estimate of drug-likeness (QED) is 0.694. The molecule has 1 aromatic heterocycles. The van der Waals surface area contributed by atoms with Gasteiger partial charge in [0.2, 0.25) is 0 Å². The van der Waals surface area contributed by atoms with Crippen molar-refractivity contribution in [2.75, 3.05) is 4.72 Å². The molecule has 0 bridgehead atoms. The van der Waals surface area contributed by atoms with Crippen molar-refractivity contribution in [2.24, 2.45) is 0 Å². The van der Waals surface area contributed by atoms with Crippen LogP contribution in [0, 0.1) is 25.2 Å². The first kappa shape index (κ1) is 16.8. The topological polar surface area (TPSA) is 85.8 Å². The Balaban J connectivity index is 2.00. The molecule has 0 aliphatic heterocycles. The number of hydrogen-bond donors (Lipinski definition) is 2. The Hall–Kier alpha value is -3.04. The van der Waals surface area contributed by atoms with E-state index >= 15 is 0 Å². The summed E-state index contributed by atoms with van der Waals surface area (Å²) in [5.74, 6) is 0. The van der Waals surface area contributed by atoms with E-state index < -0.39 is 10.0 Å². The smallest absolute Gasteiger partial charge is 0.272 e. The highest BCUT2D eigenvalue weighted by atomic mass is 32.2. The number of nitrogens with one attached hydrogen (secondary N) is 2. The number of sulfonamides is 1. The summed E-state index contributed by atoms with van der Waals surface area (Å²) in [4.78, 5) is 2.73. The highest BCUT2D eigenvalue weighted by Gasteiger charge is 2.19. The number of H-pyrrole nitrogens is 1. The fourth-order valence-corrected chi connectivity index (χ4v) is 3.68. The minimum atomic E-state index is -3.97. The zero-order valence-corrected chi connectivity index (χ0v) is 14.7. The van der Waals surface area contributed by atoms with Gasteiger partial charge in [0.15, 0.2) is 4.91 Å². The molecule has 0 aliphatic rings. The van der Waals surface area contributed by atoms with Crippen LogP contribution in [0.2, 0.25) is 0 Å². The average molecular weight is 351 g/mol. The maximum absolute atomic E-state index is 12.6. The van der Waals surface area contributed by atoms with Crippen LogP contribution in [0.1, 0.15) is 16.7 Å². The van der Waals surface area contributed by atoms with Crippen molar-refractivity contribution < 1.29 is 8.42 Å². The lowest BCUT2D eigenvalue weighted by molar-refractivity contribution is 0.608. The lowest BCUT2D eigenvalue weighted by atomic mass is 10.1. The van der Waals surface area contributed by atoms with Gasteiger partial charge in [0.05, 0.1) is 5.69 Å². The number of allylic oxidation sites excluding steroid dienone is 1. The highest BCUT2D eigenvalue weighted by Crippen LogP contribution is 2.24. The summed E-state index contributed by atoms with van der Waals surface area (Å²) in [5.41, 5.74) is 3.83. The van der Waals surface area contributed by atoms with E-state index in [1.165, 1.54) is 6.08 Å². The van der Waals surface area contributed by atoms with E-state index in [0.29, 0.717) is 11.3 Å². The van der Waals surface area contributed by atoms with Gasteiger partial charge in [0.25, 0.3) is 10.0 Å². The second kappa shape index (κ2) is 6.46. The second-order valence-electron chi connectivity index (χ2n) is 5.83. The molecule has 0 aliphatic carbocycles. The van der Waals surface area contributed by atoms with Gasteiger partial charge in [-0.3, -0.25) is 4.72 Å². The summed E-state index contributed by atoms with van der Waals surface area (Å²) < 4.78 is 27.7. The van der Waals surface area contributed by atoms with Crippen LogP contribution < -0.4 is 4.72 Å². The molecule has 1 heterocycles. The summed E-state index contributed by atoms with van der Waals surface area (Å²) in [6.45, 7) is 3.75. The molecule has 0 fully saturated rings. The largest absolute Gasteiger partial charge is 0.361 e. The molecule has 0 radical (unpaired) electrons. The predicted molar refractivity (Wildman–Crippen MR) is 100 cm³/mol. The molecular formula is C19H17N3O2S. The second-order valence-corrected chi connectivity index (χ2v) is 7.48. The Bertz CT molecular complexity index is 1120. The van der Waals surface area contributed by atoms with Gasteiger partial charge in [-0.2, -0.15) is 5.26 Å². The van der Waals surface area contributed by atoms with Crippen molar-refractivity contribution in [3.05, 3.63) is 70.3 Å². The molecule has 6 heteroatoms. The van der Waals surface area contributed by atoms with Gasteiger partial charge in [0, 0.05) is 22.7 Å². The van der Waals surface area contributed by atoms with Crippen molar-refractivity contribution in [2.45, 2.75) is 13.8 Å². The molecule has 5 nitrogen and oxygen atoms in total. The van der Waals surface area contributed by atoms with Crippen LogP contribution >= 0.6 is 0 Å². The fourth-order valence-electron chi connectivity index (χ4n) is 2.65. The molecule has 2 aromatic carbocycles. The Labute approximate surface area is 146 Å². The van der Waals surface area contributed by atoms with Crippen LogP contribution in [0.15, 0.2) is 53.6 Å². The third-order valence-corrected chi connectivity index (χ3v) is 5.21. The monoisotopic (exact) mass is 351 g/mol. The van der Waals surface area contributed by atoms with Gasteiger partial charge in [-0.15, -0.1) is 0 Å². The molecular weight excluding hydrogens is 334 g/mol. The first-order valence-electron chi connectivity index (χ1n) is 7.69. The van der Waals surface area contributed by atoms with Crippen LogP contribution in [-0.2, 0) is 10.0 Å². The van der Waals surface area contributed by atoms with Crippen molar-refractivity contribution >= 4 is 32.7 Å². The van der Waals surface area contributed by atoms with Gasteiger partial charge in [-0.05, 0) is 37.6 Å². The van der Waals surface area contributed by atoms with Gasteiger partial charge >= 0.3 is 0 Å². The van der Waals surface area contributed by atoms with Crippen LogP contribution in [0.4, 0.5) is 5.69 Å². The third kappa shape index (κ3) is 3.42. The fraction of sp³-hybridized carbons (Fsp3) is 0.105. The number of nitriles is 1. The van der Waals surface area contributed by atoms with E-state index in [1.54, 1.807) is 18.3 Å². The van der Waals surface area contributed by atoms with Crippen molar-refractivity contribution in [3.8, 4) is 6.07 Å². The molecule has 0 saturated heterocycles. The molecule has 0 saturated carbocycles. The van der Waals surface area contributed by atoms with Crippen LogP contribution in [0.3, 0.4) is 0 Å². The van der Waals surface area contributed by atoms with E-state index in [0.717, 1.165) is 22.0 Å². The molecule has 0 spiro atoms. The number of nitrogens with zero attached hydrogens (tertiary/aromatic N) is 1. The Kier molecular flexibility index (Phi) is 4.34. The predicted octanol–water partition coefficient (Wildman–Crippen LogP) is 4.09. The van der Waals surface area contributed by atoms with Crippen LogP contribution in [0.5, 0.6) is 0 Å². The molecule has 2 N–H and O–H groups in total. The summed E-state index contributed by atoms with van der Waals surface area (Å²) in [5, 5.41) is 10.2. The number of fused-ring (bicyclic) bond motifs is 1. The van der Waals surface area contributed by atoms with E-state index in [4.69, 9.17) is 0 Å². The van der Waals surface area contributed by atoms with E-state index in [2.05, 4.69) is 9.71 Å². The number of anilines is 1.